The maximum absolute atomic E-state index is 6.04. The van der Waals surface area contributed by atoms with Crippen LogP contribution in [0.1, 0.15) is 40.0 Å². The third-order valence-corrected chi connectivity index (χ3v) is 4.17. The van der Waals surface area contributed by atoms with E-state index in [2.05, 4.69) is 25.7 Å². The highest BCUT2D eigenvalue weighted by molar-refractivity contribution is 4.96. The lowest BCUT2D eigenvalue weighted by Gasteiger charge is -2.48. The van der Waals surface area contributed by atoms with E-state index in [0.717, 1.165) is 25.6 Å². The molecule has 1 aliphatic carbocycles. The monoisotopic (exact) mass is 226 g/mol. The molecule has 0 aromatic carbocycles. The number of nitrogens with zero attached hydrogens (tertiary/aromatic N) is 1. The number of morpholine rings is 1. The van der Waals surface area contributed by atoms with Crippen molar-refractivity contribution in [3.8, 4) is 0 Å². The van der Waals surface area contributed by atoms with Crippen LogP contribution in [-0.4, -0.2) is 42.3 Å². The molecular formula is C13H26N2O. The zero-order valence-electron chi connectivity index (χ0n) is 10.9. The summed E-state index contributed by atoms with van der Waals surface area (Å²) < 4.78 is 5.70. The molecule has 16 heavy (non-hydrogen) atoms. The van der Waals surface area contributed by atoms with E-state index in [9.17, 15) is 0 Å². The van der Waals surface area contributed by atoms with Gasteiger partial charge in [-0.1, -0.05) is 12.8 Å². The molecule has 0 radical (unpaired) electrons. The molecule has 0 spiro atoms. The minimum absolute atomic E-state index is 0.179. The van der Waals surface area contributed by atoms with Crippen LogP contribution in [-0.2, 0) is 4.74 Å². The smallest absolute Gasteiger partial charge is 0.0675 e. The second-order valence-corrected chi connectivity index (χ2v) is 5.99. The first-order chi connectivity index (χ1) is 7.55. The average Bonchev–Trinajstić information content (AvgIpc) is 3.05. The Bertz CT molecular complexity index is 242. The number of ether oxygens (including phenoxy) is 1. The summed E-state index contributed by atoms with van der Waals surface area (Å²) in [5, 5.41) is 0. The van der Waals surface area contributed by atoms with E-state index in [1.54, 1.807) is 0 Å². The normalized spacial score (nSPS) is 36.0. The molecule has 0 aromatic rings. The summed E-state index contributed by atoms with van der Waals surface area (Å²) in [6.45, 7) is 9.39. The van der Waals surface area contributed by atoms with E-state index in [0.29, 0.717) is 12.1 Å². The van der Waals surface area contributed by atoms with E-state index in [-0.39, 0.29) is 5.54 Å². The number of hydrogen-bond donors (Lipinski definition) is 1. The summed E-state index contributed by atoms with van der Waals surface area (Å²) in [5.41, 5.74) is 6.22. The Kier molecular flexibility index (Phi) is 3.57. The largest absolute Gasteiger partial charge is 0.376 e. The third-order valence-electron chi connectivity index (χ3n) is 4.17. The Balaban J connectivity index is 2.04. The van der Waals surface area contributed by atoms with Crippen molar-refractivity contribution in [1.82, 2.24) is 4.90 Å². The van der Waals surface area contributed by atoms with Crippen LogP contribution in [0, 0.1) is 5.92 Å². The summed E-state index contributed by atoms with van der Waals surface area (Å²) in [6.07, 6.45) is 4.43. The predicted octanol–water partition coefficient (Wildman–Crippen LogP) is 1.61. The zero-order valence-corrected chi connectivity index (χ0v) is 10.9. The zero-order chi connectivity index (χ0) is 11.8. The fourth-order valence-electron chi connectivity index (χ4n) is 2.92. The highest BCUT2D eigenvalue weighted by atomic mass is 16.5. The second-order valence-electron chi connectivity index (χ2n) is 5.99. The lowest BCUT2D eigenvalue weighted by atomic mass is 9.90. The molecule has 2 N–H and O–H groups in total. The van der Waals surface area contributed by atoms with E-state index >= 15 is 0 Å². The Hall–Kier alpha value is -0.120. The van der Waals surface area contributed by atoms with Crippen molar-refractivity contribution in [2.24, 2.45) is 11.7 Å². The van der Waals surface area contributed by atoms with Gasteiger partial charge in [0.1, 0.15) is 0 Å². The van der Waals surface area contributed by atoms with E-state index in [1.165, 1.54) is 19.3 Å². The van der Waals surface area contributed by atoms with Gasteiger partial charge in [-0.05, 0) is 33.1 Å². The Morgan fingerprint density at radius 1 is 1.38 bits per heavy atom. The molecule has 1 aliphatic heterocycles. The van der Waals surface area contributed by atoms with Crippen LogP contribution in [0.3, 0.4) is 0 Å². The van der Waals surface area contributed by atoms with Crippen molar-refractivity contribution in [3.63, 3.8) is 0 Å². The molecule has 1 saturated heterocycles. The van der Waals surface area contributed by atoms with Gasteiger partial charge in [0.05, 0.1) is 12.7 Å². The van der Waals surface area contributed by atoms with Crippen LogP contribution >= 0.6 is 0 Å². The molecule has 2 fully saturated rings. The average molecular weight is 226 g/mol. The maximum Gasteiger partial charge on any atom is 0.0675 e. The molecular weight excluding hydrogens is 200 g/mol. The van der Waals surface area contributed by atoms with Crippen LogP contribution in [0.2, 0.25) is 0 Å². The van der Waals surface area contributed by atoms with Gasteiger partial charge in [0.2, 0.25) is 0 Å². The fraction of sp³-hybridized carbons (Fsp3) is 1.00. The van der Waals surface area contributed by atoms with Crippen LogP contribution in [0.4, 0.5) is 0 Å². The van der Waals surface area contributed by atoms with E-state index in [4.69, 9.17) is 10.5 Å². The fourth-order valence-corrected chi connectivity index (χ4v) is 2.92. The van der Waals surface area contributed by atoms with Gasteiger partial charge in [0.15, 0.2) is 0 Å². The minimum Gasteiger partial charge on any atom is -0.376 e. The van der Waals surface area contributed by atoms with Crippen molar-refractivity contribution in [3.05, 3.63) is 0 Å². The lowest BCUT2D eigenvalue weighted by Crippen LogP contribution is -2.61. The molecule has 1 heterocycles. The molecule has 2 rings (SSSR count). The van der Waals surface area contributed by atoms with Gasteiger partial charge in [0, 0.05) is 24.7 Å². The Labute approximate surface area is 99.3 Å². The topological polar surface area (TPSA) is 38.5 Å². The summed E-state index contributed by atoms with van der Waals surface area (Å²) in [4.78, 5) is 2.58. The van der Waals surface area contributed by atoms with Crippen LogP contribution in [0.5, 0.6) is 0 Å². The minimum atomic E-state index is 0.179. The predicted molar refractivity (Wildman–Crippen MR) is 66.4 cm³/mol. The number of rotatable bonds is 4. The molecule has 3 nitrogen and oxygen atoms in total. The summed E-state index contributed by atoms with van der Waals surface area (Å²) in [6, 6.07) is 0.503. The quantitative estimate of drug-likeness (QED) is 0.791. The van der Waals surface area contributed by atoms with Crippen molar-refractivity contribution >= 4 is 0 Å². The summed E-state index contributed by atoms with van der Waals surface area (Å²) in [5.74, 6) is 0.930. The summed E-state index contributed by atoms with van der Waals surface area (Å²) >= 11 is 0. The Morgan fingerprint density at radius 2 is 2.06 bits per heavy atom. The lowest BCUT2D eigenvalue weighted by molar-refractivity contribution is -0.0912. The van der Waals surface area contributed by atoms with Gasteiger partial charge < -0.3 is 10.5 Å². The molecule has 3 heteroatoms. The number of hydrogen-bond acceptors (Lipinski definition) is 3. The van der Waals surface area contributed by atoms with Crippen molar-refractivity contribution in [2.45, 2.75) is 57.7 Å². The Morgan fingerprint density at radius 3 is 2.62 bits per heavy atom. The molecule has 0 bridgehead atoms. The molecule has 3 atom stereocenters. The van der Waals surface area contributed by atoms with Gasteiger partial charge in [-0.3, -0.25) is 4.90 Å². The highest BCUT2D eigenvalue weighted by Gasteiger charge is 2.40. The van der Waals surface area contributed by atoms with Gasteiger partial charge in [-0.15, -0.1) is 0 Å². The first-order valence-corrected chi connectivity index (χ1v) is 6.63. The van der Waals surface area contributed by atoms with E-state index in [1.807, 2.05) is 0 Å². The van der Waals surface area contributed by atoms with Gasteiger partial charge in [-0.25, -0.2) is 0 Å². The molecule has 94 valence electrons. The van der Waals surface area contributed by atoms with Gasteiger partial charge in [0.25, 0.3) is 0 Å². The standard InChI is InChI=1S/C13H26N2O/c1-10-8-16-11(2)7-15(10)13(3,9-14)6-12-4-5-12/h10-12H,4-9,14H2,1-3H3. The maximum atomic E-state index is 6.04. The van der Waals surface area contributed by atoms with Crippen molar-refractivity contribution in [2.75, 3.05) is 19.7 Å². The molecule has 0 aromatic heterocycles. The van der Waals surface area contributed by atoms with Crippen molar-refractivity contribution in [1.29, 1.82) is 0 Å². The van der Waals surface area contributed by atoms with Crippen LogP contribution in [0.15, 0.2) is 0 Å². The molecule has 0 amide bonds. The molecule has 2 aliphatic rings. The highest BCUT2D eigenvalue weighted by Crippen LogP contribution is 2.39. The molecule has 3 unspecified atom stereocenters. The van der Waals surface area contributed by atoms with E-state index < -0.39 is 0 Å². The van der Waals surface area contributed by atoms with Crippen molar-refractivity contribution < 1.29 is 4.74 Å². The first-order valence-electron chi connectivity index (χ1n) is 6.63. The van der Waals surface area contributed by atoms with Gasteiger partial charge >= 0.3 is 0 Å². The number of nitrogens with two attached hydrogens (primary N) is 1. The summed E-state index contributed by atoms with van der Waals surface area (Å²) in [7, 11) is 0. The first kappa shape index (κ1) is 12.3. The SMILES string of the molecule is CC1CN(C(C)(CN)CC2CC2)C(C)CO1. The van der Waals surface area contributed by atoms with Crippen LogP contribution in [0.25, 0.3) is 0 Å². The van der Waals surface area contributed by atoms with Crippen LogP contribution < -0.4 is 5.73 Å². The molecule has 1 saturated carbocycles. The third kappa shape index (κ3) is 2.58. The second kappa shape index (κ2) is 4.63. The van der Waals surface area contributed by atoms with Gasteiger partial charge in [-0.2, -0.15) is 0 Å².